The van der Waals surface area contributed by atoms with E-state index in [4.69, 9.17) is 0 Å². The molecule has 120 valence electrons. The summed E-state index contributed by atoms with van der Waals surface area (Å²) >= 11 is 0. The van der Waals surface area contributed by atoms with Gasteiger partial charge < -0.3 is 10.2 Å². The maximum Gasteiger partial charge on any atom is 0.322 e. The number of amides is 2. The normalized spacial score (nSPS) is 18.0. The number of para-hydroxylation sites is 1. The van der Waals surface area contributed by atoms with Gasteiger partial charge in [0, 0.05) is 12.2 Å². The Kier molecular flexibility index (Phi) is 3.77. The van der Waals surface area contributed by atoms with E-state index >= 15 is 0 Å². The summed E-state index contributed by atoms with van der Waals surface area (Å²) in [5, 5.41) is 7.52. The second-order valence-corrected chi connectivity index (χ2v) is 6.47. The molecule has 1 aliphatic carbocycles. The average molecular weight is 310 g/mol. The molecular weight excluding hydrogens is 288 g/mol. The molecule has 23 heavy (non-hydrogen) atoms. The van der Waals surface area contributed by atoms with E-state index in [9.17, 15) is 4.79 Å². The van der Waals surface area contributed by atoms with Crippen molar-refractivity contribution in [3.8, 4) is 0 Å². The highest BCUT2D eigenvalue weighted by Gasteiger charge is 2.28. The molecule has 1 saturated carbocycles. The summed E-state index contributed by atoms with van der Waals surface area (Å²) in [6, 6.07) is 9.61. The smallest absolute Gasteiger partial charge is 0.317 e. The second kappa shape index (κ2) is 6.07. The zero-order valence-corrected chi connectivity index (χ0v) is 13.2. The van der Waals surface area contributed by atoms with Crippen LogP contribution < -0.4 is 5.32 Å². The summed E-state index contributed by atoms with van der Waals surface area (Å²) in [5.74, 6) is 0.635. The molecule has 1 aliphatic heterocycles. The van der Waals surface area contributed by atoms with E-state index in [1.165, 1.54) is 36.9 Å². The Morgan fingerprint density at radius 3 is 2.70 bits per heavy atom. The van der Waals surface area contributed by atoms with Crippen LogP contribution in [0.15, 0.2) is 36.5 Å². The van der Waals surface area contributed by atoms with Crippen LogP contribution in [-0.4, -0.2) is 27.3 Å². The highest BCUT2D eigenvalue weighted by Crippen LogP contribution is 2.36. The van der Waals surface area contributed by atoms with Gasteiger partial charge in [0.25, 0.3) is 0 Å². The molecule has 1 aromatic heterocycles. The molecule has 1 fully saturated rings. The fourth-order valence-electron chi connectivity index (χ4n) is 3.74. The van der Waals surface area contributed by atoms with Gasteiger partial charge in [0.2, 0.25) is 0 Å². The van der Waals surface area contributed by atoms with E-state index in [0.717, 1.165) is 12.2 Å². The number of fused-ring (bicyclic) bond motifs is 1. The molecule has 0 saturated heterocycles. The highest BCUT2D eigenvalue weighted by molar-refractivity contribution is 5.89. The van der Waals surface area contributed by atoms with Crippen molar-refractivity contribution in [1.82, 2.24) is 14.7 Å². The van der Waals surface area contributed by atoms with Gasteiger partial charge in [-0.2, -0.15) is 5.10 Å². The first-order valence-corrected chi connectivity index (χ1v) is 8.47. The maximum absolute atomic E-state index is 12.5. The van der Waals surface area contributed by atoms with Crippen molar-refractivity contribution in [3.63, 3.8) is 0 Å². The van der Waals surface area contributed by atoms with Gasteiger partial charge in [-0.25, -0.2) is 4.79 Å². The lowest BCUT2D eigenvalue weighted by Gasteiger charge is -2.29. The van der Waals surface area contributed by atoms with E-state index in [-0.39, 0.29) is 6.03 Å². The summed E-state index contributed by atoms with van der Waals surface area (Å²) in [4.78, 5) is 14.4. The number of anilines is 1. The van der Waals surface area contributed by atoms with Crippen molar-refractivity contribution in [3.05, 3.63) is 47.8 Å². The molecular formula is C18H22N4O. The number of rotatable bonds is 2. The monoisotopic (exact) mass is 310 g/mol. The summed E-state index contributed by atoms with van der Waals surface area (Å²) in [6.45, 7) is 2.15. The number of carbonyl (C=O) groups excluding carboxylic acids is 1. The van der Waals surface area contributed by atoms with Crippen LogP contribution in [0.3, 0.4) is 0 Å². The van der Waals surface area contributed by atoms with Crippen molar-refractivity contribution in [2.75, 3.05) is 11.9 Å². The third kappa shape index (κ3) is 2.83. The maximum atomic E-state index is 12.5. The molecule has 0 bridgehead atoms. The molecule has 5 nitrogen and oxygen atoms in total. The van der Waals surface area contributed by atoms with Gasteiger partial charge in [-0.05, 0) is 36.5 Å². The Morgan fingerprint density at radius 2 is 1.91 bits per heavy atom. The van der Waals surface area contributed by atoms with E-state index in [0.29, 0.717) is 19.0 Å². The van der Waals surface area contributed by atoms with Crippen LogP contribution in [0.2, 0.25) is 0 Å². The van der Waals surface area contributed by atoms with Gasteiger partial charge in [0.05, 0.1) is 25.0 Å². The van der Waals surface area contributed by atoms with Crippen LogP contribution >= 0.6 is 0 Å². The van der Waals surface area contributed by atoms with Crippen LogP contribution in [-0.2, 0) is 13.1 Å². The van der Waals surface area contributed by atoms with Crippen molar-refractivity contribution >= 4 is 11.7 Å². The lowest BCUT2D eigenvalue weighted by atomic mass is 9.97. The van der Waals surface area contributed by atoms with Gasteiger partial charge >= 0.3 is 6.03 Å². The fraction of sp³-hybridized carbons (Fsp3) is 0.444. The van der Waals surface area contributed by atoms with E-state index in [1.54, 1.807) is 0 Å². The van der Waals surface area contributed by atoms with Crippen molar-refractivity contribution in [2.24, 2.45) is 0 Å². The number of carbonyl (C=O) groups is 1. The van der Waals surface area contributed by atoms with Gasteiger partial charge in [0.15, 0.2) is 0 Å². The first kappa shape index (κ1) is 14.3. The zero-order chi connectivity index (χ0) is 15.6. The number of nitrogens with zero attached hydrogens (tertiary/aromatic N) is 3. The third-order valence-electron chi connectivity index (χ3n) is 5.01. The van der Waals surface area contributed by atoms with Crippen molar-refractivity contribution in [2.45, 2.75) is 44.7 Å². The van der Waals surface area contributed by atoms with Crippen LogP contribution in [0.4, 0.5) is 10.5 Å². The predicted octanol–water partition coefficient (Wildman–Crippen LogP) is 3.59. The van der Waals surface area contributed by atoms with Gasteiger partial charge in [-0.3, -0.25) is 4.68 Å². The quantitative estimate of drug-likeness (QED) is 0.921. The molecule has 0 atom stereocenters. The third-order valence-corrected chi connectivity index (χ3v) is 5.01. The highest BCUT2D eigenvalue weighted by atomic mass is 16.2. The largest absolute Gasteiger partial charge is 0.322 e. The van der Waals surface area contributed by atoms with E-state index in [2.05, 4.69) is 15.1 Å². The second-order valence-electron chi connectivity index (χ2n) is 6.47. The summed E-state index contributed by atoms with van der Waals surface area (Å²) in [7, 11) is 0. The lowest BCUT2D eigenvalue weighted by molar-refractivity contribution is 0.194. The SMILES string of the molecule is O=C(Nc1ccccc1)N1CCn2ncc(C3CCCC3)c2C1. The minimum absolute atomic E-state index is 0.0268. The molecule has 0 spiro atoms. The molecule has 1 aromatic carbocycles. The zero-order valence-electron chi connectivity index (χ0n) is 13.2. The Labute approximate surface area is 136 Å². The van der Waals surface area contributed by atoms with Crippen LogP contribution in [0.5, 0.6) is 0 Å². The molecule has 0 unspecified atom stereocenters. The van der Waals surface area contributed by atoms with Crippen molar-refractivity contribution in [1.29, 1.82) is 0 Å². The Balaban J connectivity index is 1.49. The summed E-state index contributed by atoms with van der Waals surface area (Å²) in [5.41, 5.74) is 3.43. The van der Waals surface area contributed by atoms with Gasteiger partial charge in [0.1, 0.15) is 0 Å². The Hall–Kier alpha value is -2.30. The number of aromatic nitrogens is 2. The summed E-state index contributed by atoms with van der Waals surface area (Å²) < 4.78 is 2.08. The Bertz CT molecular complexity index is 688. The molecule has 2 aliphatic rings. The van der Waals surface area contributed by atoms with Crippen LogP contribution in [0, 0.1) is 0 Å². The van der Waals surface area contributed by atoms with E-state index < -0.39 is 0 Å². The fourth-order valence-corrected chi connectivity index (χ4v) is 3.74. The molecule has 5 heteroatoms. The van der Waals surface area contributed by atoms with Crippen LogP contribution in [0.1, 0.15) is 42.9 Å². The number of nitrogens with one attached hydrogen (secondary N) is 1. The first-order chi connectivity index (χ1) is 11.3. The van der Waals surface area contributed by atoms with Crippen molar-refractivity contribution < 1.29 is 4.79 Å². The molecule has 0 radical (unpaired) electrons. The summed E-state index contributed by atoms with van der Waals surface area (Å²) in [6.07, 6.45) is 7.18. The number of hydrogen-bond donors (Lipinski definition) is 1. The number of urea groups is 1. The minimum Gasteiger partial charge on any atom is -0.317 e. The first-order valence-electron chi connectivity index (χ1n) is 8.47. The molecule has 2 amide bonds. The lowest BCUT2D eigenvalue weighted by Crippen LogP contribution is -2.41. The van der Waals surface area contributed by atoms with Crippen LogP contribution in [0.25, 0.3) is 0 Å². The molecule has 2 heterocycles. The van der Waals surface area contributed by atoms with Gasteiger partial charge in [-0.1, -0.05) is 31.0 Å². The van der Waals surface area contributed by atoms with E-state index in [1.807, 2.05) is 41.4 Å². The van der Waals surface area contributed by atoms with Gasteiger partial charge in [-0.15, -0.1) is 0 Å². The molecule has 2 aromatic rings. The number of benzene rings is 1. The minimum atomic E-state index is -0.0268. The topological polar surface area (TPSA) is 50.2 Å². The molecule has 4 rings (SSSR count). The standard InChI is InChI=1S/C18H22N4O/c23-18(20-15-8-2-1-3-9-15)21-10-11-22-17(13-21)16(12-19-22)14-6-4-5-7-14/h1-3,8-9,12,14H,4-7,10-11,13H2,(H,20,23). The predicted molar refractivity (Wildman–Crippen MR) is 89.3 cm³/mol. The molecule has 1 N–H and O–H groups in total. The average Bonchev–Trinajstić information content (AvgIpc) is 3.24. The number of hydrogen-bond acceptors (Lipinski definition) is 2. The Morgan fingerprint density at radius 1 is 1.13 bits per heavy atom.